The summed E-state index contributed by atoms with van der Waals surface area (Å²) in [5.74, 6) is -0.248. The Morgan fingerprint density at radius 2 is 0.946 bits per heavy atom. The Kier molecular flexibility index (Phi) is 6.98. The van der Waals surface area contributed by atoms with Crippen LogP contribution in [0, 0.1) is 0 Å². The van der Waals surface area contributed by atoms with Crippen molar-refractivity contribution in [2.24, 2.45) is 11.5 Å². The van der Waals surface area contributed by atoms with E-state index in [0.29, 0.717) is 37.3 Å². The predicted octanol–water partition coefficient (Wildman–Crippen LogP) is 4.03. The molecule has 37 heavy (non-hydrogen) atoms. The highest BCUT2D eigenvalue weighted by atomic mass is 16.2. The highest BCUT2D eigenvalue weighted by Gasteiger charge is 2.11. The summed E-state index contributed by atoms with van der Waals surface area (Å²) in [4.78, 5) is 27.9. The van der Waals surface area contributed by atoms with E-state index in [-0.39, 0.29) is 11.8 Å². The molecule has 0 saturated carbocycles. The smallest absolute Gasteiger partial charge is 0.251 e. The zero-order valence-electron chi connectivity index (χ0n) is 20.4. The minimum absolute atomic E-state index is 0.124. The molecule has 0 unspecified atom stereocenters. The van der Waals surface area contributed by atoms with Gasteiger partial charge in [-0.25, -0.2) is 0 Å². The number of carbonyl (C=O) groups is 2. The lowest BCUT2D eigenvalue weighted by atomic mass is 9.99. The monoisotopic (exact) mass is 491 g/mol. The first-order valence-corrected chi connectivity index (χ1v) is 12.3. The third-order valence-corrected chi connectivity index (χ3v) is 6.42. The van der Waals surface area contributed by atoms with Crippen molar-refractivity contribution in [1.29, 1.82) is 0 Å². The standard InChI is InChI=1S/C30H29N5O2/c31-13-15-33-29(36)21-5-1-19(2-6-21)23-9-11-27-25(17-23)26-18-24(10-12-28(26)35-27)20-3-7-22(8-4-20)30(37)34-16-14-32/h1-12,17-18,35H,13-16,31-32H2,(H,33,36)(H,34,37). The second-order valence-electron chi connectivity index (χ2n) is 8.89. The molecule has 5 aromatic rings. The van der Waals surface area contributed by atoms with Crippen molar-refractivity contribution in [3.8, 4) is 22.3 Å². The molecule has 0 atom stereocenters. The second-order valence-corrected chi connectivity index (χ2v) is 8.89. The zero-order valence-corrected chi connectivity index (χ0v) is 20.4. The van der Waals surface area contributed by atoms with Crippen molar-refractivity contribution >= 4 is 33.6 Å². The summed E-state index contributed by atoms with van der Waals surface area (Å²) < 4.78 is 0. The number of carbonyl (C=O) groups excluding carboxylic acids is 2. The highest BCUT2D eigenvalue weighted by Crippen LogP contribution is 2.33. The molecule has 7 nitrogen and oxygen atoms in total. The largest absolute Gasteiger partial charge is 0.355 e. The molecule has 0 aliphatic rings. The topological polar surface area (TPSA) is 126 Å². The Morgan fingerprint density at radius 1 is 0.568 bits per heavy atom. The molecule has 2 amide bonds. The molecule has 1 heterocycles. The lowest BCUT2D eigenvalue weighted by molar-refractivity contribution is 0.0946. The minimum Gasteiger partial charge on any atom is -0.355 e. The molecular weight excluding hydrogens is 462 g/mol. The van der Waals surface area contributed by atoms with Crippen LogP contribution in [0.3, 0.4) is 0 Å². The van der Waals surface area contributed by atoms with Gasteiger partial charge in [0.25, 0.3) is 11.8 Å². The summed E-state index contributed by atoms with van der Waals surface area (Å²) >= 11 is 0. The van der Waals surface area contributed by atoms with E-state index in [1.165, 1.54) is 0 Å². The maximum Gasteiger partial charge on any atom is 0.251 e. The van der Waals surface area contributed by atoms with Gasteiger partial charge in [0.15, 0.2) is 0 Å². The van der Waals surface area contributed by atoms with Gasteiger partial charge in [-0.15, -0.1) is 0 Å². The Hall–Kier alpha value is -4.46. The third kappa shape index (κ3) is 5.09. The number of hydrogen-bond donors (Lipinski definition) is 5. The molecule has 0 bridgehead atoms. The normalized spacial score (nSPS) is 11.1. The number of nitrogens with one attached hydrogen (secondary N) is 3. The van der Waals surface area contributed by atoms with Crippen LogP contribution in [0.1, 0.15) is 20.7 Å². The van der Waals surface area contributed by atoms with Gasteiger partial charge in [0, 0.05) is 59.1 Å². The molecule has 0 fully saturated rings. The van der Waals surface area contributed by atoms with E-state index in [4.69, 9.17) is 11.5 Å². The first-order valence-electron chi connectivity index (χ1n) is 12.3. The molecule has 4 aromatic carbocycles. The molecule has 0 spiro atoms. The van der Waals surface area contributed by atoms with E-state index in [1.807, 2.05) is 48.5 Å². The fourth-order valence-electron chi connectivity index (χ4n) is 4.46. The van der Waals surface area contributed by atoms with E-state index in [2.05, 4.69) is 52.0 Å². The van der Waals surface area contributed by atoms with Crippen molar-refractivity contribution in [3.63, 3.8) is 0 Å². The van der Waals surface area contributed by atoms with Crippen molar-refractivity contribution in [2.75, 3.05) is 26.2 Å². The number of hydrogen-bond acceptors (Lipinski definition) is 4. The van der Waals surface area contributed by atoms with Crippen LogP contribution in [-0.2, 0) is 0 Å². The Bertz CT molecular complexity index is 1450. The number of benzene rings is 4. The minimum atomic E-state index is -0.124. The van der Waals surface area contributed by atoms with Crippen LogP contribution in [0.15, 0.2) is 84.9 Å². The van der Waals surface area contributed by atoms with E-state index < -0.39 is 0 Å². The van der Waals surface area contributed by atoms with Gasteiger partial charge >= 0.3 is 0 Å². The van der Waals surface area contributed by atoms with Gasteiger partial charge in [-0.05, 0) is 70.8 Å². The van der Waals surface area contributed by atoms with Crippen LogP contribution in [0.25, 0.3) is 44.1 Å². The molecule has 0 radical (unpaired) electrons. The van der Waals surface area contributed by atoms with Crippen molar-refractivity contribution in [2.45, 2.75) is 0 Å². The Labute approximate surface area is 214 Å². The lowest BCUT2D eigenvalue weighted by Crippen LogP contribution is -2.28. The predicted molar refractivity (Wildman–Crippen MR) is 149 cm³/mol. The summed E-state index contributed by atoms with van der Waals surface area (Å²) in [6, 6.07) is 27.9. The molecule has 0 aliphatic carbocycles. The van der Waals surface area contributed by atoms with Gasteiger partial charge in [0.05, 0.1) is 0 Å². The highest BCUT2D eigenvalue weighted by molar-refractivity contribution is 6.09. The molecular formula is C30H29N5O2. The van der Waals surface area contributed by atoms with Crippen LogP contribution in [0.5, 0.6) is 0 Å². The van der Waals surface area contributed by atoms with Gasteiger partial charge in [0.2, 0.25) is 0 Å². The maximum atomic E-state index is 12.2. The summed E-state index contributed by atoms with van der Waals surface area (Å²) in [6.07, 6.45) is 0. The van der Waals surface area contributed by atoms with Gasteiger partial charge in [0.1, 0.15) is 0 Å². The number of H-pyrrole nitrogens is 1. The van der Waals surface area contributed by atoms with Crippen LogP contribution in [-0.4, -0.2) is 43.0 Å². The average molecular weight is 492 g/mol. The number of rotatable bonds is 8. The molecule has 186 valence electrons. The molecule has 5 rings (SSSR count). The SMILES string of the molecule is NCCNC(=O)c1ccc(-c2ccc3[nH]c4ccc(-c5ccc(C(=O)NCCN)cc5)cc4c3c2)cc1. The van der Waals surface area contributed by atoms with Crippen LogP contribution >= 0.6 is 0 Å². The van der Waals surface area contributed by atoms with E-state index in [0.717, 1.165) is 44.1 Å². The molecule has 0 saturated heterocycles. The van der Waals surface area contributed by atoms with Crippen molar-refractivity contribution in [3.05, 3.63) is 96.1 Å². The van der Waals surface area contributed by atoms with Crippen LogP contribution < -0.4 is 22.1 Å². The molecule has 7 heteroatoms. The second kappa shape index (κ2) is 10.7. The van der Waals surface area contributed by atoms with Crippen LogP contribution in [0.4, 0.5) is 0 Å². The quantitative estimate of drug-likeness (QED) is 0.225. The first kappa shape index (κ1) is 24.2. The maximum absolute atomic E-state index is 12.2. The Balaban J connectivity index is 1.44. The number of aromatic nitrogens is 1. The molecule has 1 aromatic heterocycles. The third-order valence-electron chi connectivity index (χ3n) is 6.42. The van der Waals surface area contributed by atoms with Gasteiger partial charge in [-0.2, -0.15) is 0 Å². The summed E-state index contributed by atoms with van der Waals surface area (Å²) in [7, 11) is 0. The van der Waals surface area contributed by atoms with Crippen LogP contribution in [0.2, 0.25) is 0 Å². The molecule has 0 aliphatic heterocycles. The van der Waals surface area contributed by atoms with E-state index >= 15 is 0 Å². The lowest BCUT2D eigenvalue weighted by Gasteiger charge is -2.07. The number of amides is 2. The Morgan fingerprint density at radius 3 is 1.32 bits per heavy atom. The number of aromatic amines is 1. The average Bonchev–Trinajstić information content (AvgIpc) is 3.32. The van der Waals surface area contributed by atoms with Gasteiger partial charge in [-0.1, -0.05) is 36.4 Å². The number of nitrogens with two attached hydrogens (primary N) is 2. The van der Waals surface area contributed by atoms with Crippen molar-refractivity contribution in [1.82, 2.24) is 15.6 Å². The van der Waals surface area contributed by atoms with E-state index in [9.17, 15) is 9.59 Å². The van der Waals surface area contributed by atoms with Gasteiger partial charge < -0.3 is 27.1 Å². The zero-order chi connectivity index (χ0) is 25.8. The molecule has 7 N–H and O–H groups in total. The fourth-order valence-corrected chi connectivity index (χ4v) is 4.46. The summed E-state index contributed by atoms with van der Waals surface area (Å²) in [5.41, 5.74) is 18.5. The fraction of sp³-hybridized carbons (Fsp3) is 0.133. The van der Waals surface area contributed by atoms with E-state index in [1.54, 1.807) is 0 Å². The first-order chi connectivity index (χ1) is 18.1. The number of fused-ring (bicyclic) bond motifs is 3. The van der Waals surface area contributed by atoms with Crippen molar-refractivity contribution < 1.29 is 9.59 Å². The summed E-state index contributed by atoms with van der Waals surface area (Å²) in [5, 5.41) is 7.83. The van der Waals surface area contributed by atoms with Gasteiger partial charge in [-0.3, -0.25) is 9.59 Å². The summed E-state index contributed by atoms with van der Waals surface area (Å²) in [6.45, 7) is 1.73.